The zero-order chi connectivity index (χ0) is 15.4. The molecule has 2 aliphatic rings. The first kappa shape index (κ1) is 18.7. The molecule has 0 radical (unpaired) electrons. The summed E-state index contributed by atoms with van der Waals surface area (Å²) in [7, 11) is 0. The Morgan fingerprint density at radius 3 is 2.65 bits per heavy atom. The summed E-state index contributed by atoms with van der Waals surface area (Å²) in [5, 5.41) is 3.93. The molecule has 23 heavy (non-hydrogen) atoms. The Bertz CT molecular complexity index is 486. The molecule has 1 aromatic rings. The van der Waals surface area contributed by atoms with Crippen LogP contribution in [0.5, 0.6) is 0 Å². The van der Waals surface area contributed by atoms with E-state index < -0.39 is 0 Å². The van der Waals surface area contributed by atoms with Crippen LogP contribution >= 0.6 is 23.7 Å². The maximum Gasteiger partial charge on any atom is 0.229 e. The lowest BCUT2D eigenvalue weighted by atomic mass is 9.79. The molecule has 0 aromatic carbocycles. The molecule has 1 N–H and O–H groups in total. The fourth-order valence-electron chi connectivity index (χ4n) is 3.82. The number of hydrogen-bond acceptors (Lipinski definition) is 3. The van der Waals surface area contributed by atoms with Crippen molar-refractivity contribution in [2.45, 2.75) is 77.6 Å². The normalized spacial score (nSPS) is 23.7. The zero-order valence-electron chi connectivity index (χ0n) is 14.1. The van der Waals surface area contributed by atoms with Crippen LogP contribution in [0.15, 0.2) is 0 Å². The number of aromatic nitrogens is 1. The van der Waals surface area contributed by atoms with Crippen LogP contribution in [0, 0.1) is 11.8 Å². The first-order valence-corrected chi connectivity index (χ1v) is 9.87. The van der Waals surface area contributed by atoms with E-state index in [4.69, 9.17) is 0 Å². The first-order chi connectivity index (χ1) is 10.8. The second-order valence-corrected chi connectivity index (χ2v) is 8.03. The largest absolute Gasteiger partial charge is 0.302 e. The number of unbranched alkanes of at least 4 members (excludes halogenated alkanes) is 1. The van der Waals surface area contributed by atoms with Crippen molar-refractivity contribution >= 4 is 34.8 Å². The highest BCUT2D eigenvalue weighted by molar-refractivity contribution is 7.15. The predicted octanol–water partition coefficient (Wildman–Crippen LogP) is 5.38. The van der Waals surface area contributed by atoms with Crippen LogP contribution in [0.2, 0.25) is 0 Å². The number of carbonyl (C=O) groups is 1. The number of amides is 1. The third-order valence-corrected chi connectivity index (χ3v) is 6.33. The van der Waals surface area contributed by atoms with Gasteiger partial charge in [-0.15, -0.1) is 23.7 Å². The molecule has 1 aromatic heterocycles. The number of fused-ring (bicyclic) bond motifs is 1. The molecule has 2 aliphatic carbocycles. The molecular formula is C18H29ClN2OS. The molecule has 1 heterocycles. The van der Waals surface area contributed by atoms with E-state index in [9.17, 15) is 4.79 Å². The zero-order valence-corrected chi connectivity index (χ0v) is 15.7. The van der Waals surface area contributed by atoms with Gasteiger partial charge in [0.2, 0.25) is 5.91 Å². The van der Waals surface area contributed by atoms with E-state index in [0.29, 0.717) is 0 Å². The molecule has 130 valence electrons. The monoisotopic (exact) mass is 356 g/mol. The fourth-order valence-corrected chi connectivity index (χ4v) is 4.87. The minimum Gasteiger partial charge on any atom is -0.302 e. The van der Waals surface area contributed by atoms with E-state index >= 15 is 0 Å². The van der Waals surface area contributed by atoms with Crippen molar-refractivity contribution in [1.29, 1.82) is 0 Å². The first-order valence-electron chi connectivity index (χ1n) is 9.05. The van der Waals surface area contributed by atoms with E-state index in [-0.39, 0.29) is 24.2 Å². The number of hydrogen-bond donors (Lipinski definition) is 1. The molecule has 0 spiro atoms. The van der Waals surface area contributed by atoms with Gasteiger partial charge in [0.05, 0.1) is 5.69 Å². The van der Waals surface area contributed by atoms with Gasteiger partial charge in [-0.1, -0.05) is 26.2 Å². The summed E-state index contributed by atoms with van der Waals surface area (Å²) >= 11 is 1.70. The maximum absolute atomic E-state index is 12.5. The summed E-state index contributed by atoms with van der Waals surface area (Å²) in [6, 6.07) is 0. The molecule has 3 rings (SSSR count). The number of aryl methyl sites for hydroxylation is 2. The summed E-state index contributed by atoms with van der Waals surface area (Å²) < 4.78 is 0. The number of carbonyl (C=O) groups excluding carboxylic acids is 1. The lowest BCUT2D eigenvalue weighted by Gasteiger charge is -2.27. The van der Waals surface area contributed by atoms with Gasteiger partial charge in [-0.05, 0) is 57.3 Å². The highest BCUT2D eigenvalue weighted by atomic mass is 35.5. The van der Waals surface area contributed by atoms with Crippen LogP contribution in [0.3, 0.4) is 0 Å². The van der Waals surface area contributed by atoms with E-state index in [1.165, 1.54) is 55.5 Å². The van der Waals surface area contributed by atoms with Gasteiger partial charge in [0.1, 0.15) is 0 Å². The van der Waals surface area contributed by atoms with Crippen molar-refractivity contribution in [1.82, 2.24) is 4.98 Å². The van der Waals surface area contributed by atoms with Crippen molar-refractivity contribution in [3.63, 3.8) is 0 Å². The van der Waals surface area contributed by atoms with Crippen molar-refractivity contribution in [3.05, 3.63) is 10.6 Å². The smallest absolute Gasteiger partial charge is 0.229 e. The number of halogens is 1. The van der Waals surface area contributed by atoms with Crippen molar-refractivity contribution < 1.29 is 4.79 Å². The minimum atomic E-state index is 0. The molecule has 1 fully saturated rings. The van der Waals surface area contributed by atoms with Gasteiger partial charge in [0.25, 0.3) is 0 Å². The summed E-state index contributed by atoms with van der Waals surface area (Å²) in [6.45, 7) is 2.26. The third kappa shape index (κ3) is 4.93. The topological polar surface area (TPSA) is 42.0 Å². The SMILES string of the molecule is CCCCC1CCC(C(=O)Nc2nc3c(s2)CCCC3)CC1.Cl. The van der Waals surface area contributed by atoms with E-state index in [2.05, 4.69) is 17.2 Å². The predicted molar refractivity (Wildman–Crippen MR) is 99.6 cm³/mol. The molecule has 0 bridgehead atoms. The van der Waals surface area contributed by atoms with Gasteiger partial charge < -0.3 is 5.32 Å². The van der Waals surface area contributed by atoms with E-state index in [0.717, 1.165) is 36.7 Å². The Labute approximate surface area is 150 Å². The Morgan fingerprint density at radius 2 is 1.96 bits per heavy atom. The van der Waals surface area contributed by atoms with Crippen LogP contribution in [0.25, 0.3) is 0 Å². The number of thiazole rings is 1. The Morgan fingerprint density at radius 1 is 1.22 bits per heavy atom. The molecule has 1 amide bonds. The summed E-state index contributed by atoms with van der Waals surface area (Å²) in [5.41, 5.74) is 1.23. The molecule has 5 heteroatoms. The average Bonchev–Trinajstić information content (AvgIpc) is 2.95. The van der Waals surface area contributed by atoms with Crippen molar-refractivity contribution in [3.8, 4) is 0 Å². The summed E-state index contributed by atoms with van der Waals surface area (Å²) in [4.78, 5) is 18.5. The number of nitrogens with zero attached hydrogens (tertiary/aromatic N) is 1. The lowest BCUT2D eigenvalue weighted by molar-refractivity contribution is -0.121. The molecule has 0 atom stereocenters. The average molecular weight is 357 g/mol. The van der Waals surface area contributed by atoms with Gasteiger partial charge >= 0.3 is 0 Å². The van der Waals surface area contributed by atoms with Gasteiger partial charge in [-0.2, -0.15) is 0 Å². The van der Waals surface area contributed by atoms with Gasteiger partial charge in [0, 0.05) is 10.8 Å². The van der Waals surface area contributed by atoms with Crippen LogP contribution in [-0.2, 0) is 17.6 Å². The molecule has 0 saturated heterocycles. The second kappa shape index (κ2) is 9.03. The molecule has 3 nitrogen and oxygen atoms in total. The Balaban J connectivity index is 0.00000192. The molecular weight excluding hydrogens is 328 g/mol. The van der Waals surface area contributed by atoms with Crippen LogP contribution in [0.1, 0.15) is 75.3 Å². The minimum absolute atomic E-state index is 0. The Hall–Kier alpha value is -0.610. The second-order valence-electron chi connectivity index (χ2n) is 6.95. The van der Waals surface area contributed by atoms with Gasteiger partial charge in [0.15, 0.2) is 5.13 Å². The van der Waals surface area contributed by atoms with Gasteiger partial charge in [-0.25, -0.2) is 4.98 Å². The highest BCUT2D eigenvalue weighted by Crippen LogP contribution is 2.34. The van der Waals surface area contributed by atoms with Crippen molar-refractivity contribution in [2.24, 2.45) is 11.8 Å². The summed E-state index contributed by atoms with van der Waals surface area (Å²) in [5.74, 6) is 1.27. The highest BCUT2D eigenvalue weighted by Gasteiger charge is 2.27. The number of anilines is 1. The number of nitrogens with one attached hydrogen (secondary N) is 1. The maximum atomic E-state index is 12.5. The lowest BCUT2D eigenvalue weighted by Crippen LogP contribution is -2.27. The van der Waals surface area contributed by atoms with Crippen LogP contribution < -0.4 is 5.32 Å². The Kier molecular flexibility index (Phi) is 7.35. The molecule has 0 unspecified atom stereocenters. The quantitative estimate of drug-likeness (QED) is 0.769. The summed E-state index contributed by atoms with van der Waals surface area (Å²) in [6.07, 6.45) is 13.3. The van der Waals surface area contributed by atoms with Crippen LogP contribution in [-0.4, -0.2) is 10.9 Å². The third-order valence-electron chi connectivity index (χ3n) is 5.26. The van der Waals surface area contributed by atoms with E-state index in [1.807, 2.05) is 0 Å². The standard InChI is InChI=1S/C18H28N2OS.ClH/c1-2-3-6-13-9-11-14(12-10-13)17(21)20-18-19-15-7-4-5-8-16(15)22-18;/h13-14H,2-12H2,1H3,(H,19,20,21);1H. The fraction of sp³-hybridized carbons (Fsp3) is 0.778. The van der Waals surface area contributed by atoms with E-state index in [1.54, 1.807) is 11.3 Å². The number of rotatable bonds is 5. The molecule has 0 aliphatic heterocycles. The molecule has 1 saturated carbocycles. The van der Waals surface area contributed by atoms with Crippen LogP contribution in [0.4, 0.5) is 5.13 Å². The van der Waals surface area contributed by atoms with Crippen molar-refractivity contribution in [2.75, 3.05) is 5.32 Å². The van der Waals surface area contributed by atoms with Gasteiger partial charge in [-0.3, -0.25) is 4.79 Å².